The van der Waals surface area contributed by atoms with Gasteiger partial charge in [0.15, 0.2) is 0 Å². The standard InChI is InChI=1S/C15H33NO2/c1-4-5-6-10-17-12-8-13-18-11-7-9-16-14-15(2)3/h15-16H,4-14H2,1-3H3. The van der Waals surface area contributed by atoms with Crippen LogP contribution in [0.1, 0.15) is 52.9 Å². The molecule has 0 aromatic carbocycles. The lowest BCUT2D eigenvalue weighted by molar-refractivity contribution is 0.0803. The molecule has 0 bridgehead atoms. The molecule has 0 rings (SSSR count). The summed E-state index contributed by atoms with van der Waals surface area (Å²) < 4.78 is 11.1. The summed E-state index contributed by atoms with van der Waals surface area (Å²) in [4.78, 5) is 0. The van der Waals surface area contributed by atoms with E-state index in [1.54, 1.807) is 0 Å². The maximum Gasteiger partial charge on any atom is 0.0487 e. The van der Waals surface area contributed by atoms with Crippen molar-refractivity contribution >= 4 is 0 Å². The van der Waals surface area contributed by atoms with Crippen LogP contribution in [0.2, 0.25) is 0 Å². The summed E-state index contributed by atoms with van der Waals surface area (Å²) in [6.07, 6.45) is 5.85. The highest BCUT2D eigenvalue weighted by atomic mass is 16.5. The van der Waals surface area contributed by atoms with Gasteiger partial charge in [0.25, 0.3) is 0 Å². The largest absolute Gasteiger partial charge is 0.381 e. The van der Waals surface area contributed by atoms with Crippen molar-refractivity contribution < 1.29 is 9.47 Å². The number of hydrogen-bond acceptors (Lipinski definition) is 3. The monoisotopic (exact) mass is 259 g/mol. The van der Waals surface area contributed by atoms with Crippen molar-refractivity contribution in [2.45, 2.75) is 52.9 Å². The van der Waals surface area contributed by atoms with E-state index in [4.69, 9.17) is 9.47 Å². The lowest BCUT2D eigenvalue weighted by Gasteiger charge is -2.08. The van der Waals surface area contributed by atoms with Gasteiger partial charge in [-0.15, -0.1) is 0 Å². The molecule has 0 fully saturated rings. The van der Waals surface area contributed by atoms with Crippen molar-refractivity contribution in [3.8, 4) is 0 Å². The summed E-state index contributed by atoms with van der Waals surface area (Å²) in [7, 11) is 0. The zero-order valence-electron chi connectivity index (χ0n) is 12.7. The van der Waals surface area contributed by atoms with Gasteiger partial charge in [0.2, 0.25) is 0 Å². The fourth-order valence-corrected chi connectivity index (χ4v) is 1.61. The quantitative estimate of drug-likeness (QED) is 0.486. The Morgan fingerprint density at radius 2 is 1.44 bits per heavy atom. The number of nitrogens with one attached hydrogen (secondary N) is 1. The predicted molar refractivity (Wildman–Crippen MR) is 78.1 cm³/mol. The van der Waals surface area contributed by atoms with Crippen molar-refractivity contribution in [3.05, 3.63) is 0 Å². The molecule has 0 aliphatic rings. The van der Waals surface area contributed by atoms with Crippen LogP contribution in [0.15, 0.2) is 0 Å². The summed E-state index contributed by atoms with van der Waals surface area (Å²) in [6.45, 7) is 12.3. The first-order valence-electron chi connectivity index (χ1n) is 7.63. The van der Waals surface area contributed by atoms with Crippen LogP contribution >= 0.6 is 0 Å². The van der Waals surface area contributed by atoms with Crippen molar-refractivity contribution in [1.29, 1.82) is 0 Å². The number of hydrogen-bond donors (Lipinski definition) is 1. The molecule has 0 radical (unpaired) electrons. The summed E-state index contributed by atoms with van der Waals surface area (Å²) >= 11 is 0. The van der Waals surface area contributed by atoms with Crippen molar-refractivity contribution in [1.82, 2.24) is 5.32 Å². The smallest absolute Gasteiger partial charge is 0.0487 e. The Balaban J connectivity index is 2.90. The average molecular weight is 259 g/mol. The van der Waals surface area contributed by atoms with Gasteiger partial charge in [-0.3, -0.25) is 0 Å². The molecule has 1 N–H and O–H groups in total. The first-order chi connectivity index (χ1) is 8.77. The van der Waals surface area contributed by atoms with Crippen LogP contribution in [0.4, 0.5) is 0 Å². The molecule has 110 valence electrons. The lowest BCUT2D eigenvalue weighted by Crippen LogP contribution is -2.21. The summed E-state index contributed by atoms with van der Waals surface area (Å²) in [6, 6.07) is 0. The van der Waals surface area contributed by atoms with E-state index in [-0.39, 0.29) is 0 Å². The normalized spacial score (nSPS) is 11.3. The van der Waals surface area contributed by atoms with E-state index in [2.05, 4.69) is 26.1 Å². The van der Waals surface area contributed by atoms with E-state index in [1.807, 2.05) is 0 Å². The molecule has 0 aromatic rings. The maximum absolute atomic E-state index is 5.55. The molecular weight excluding hydrogens is 226 g/mol. The van der Waals surface area contributed by atoms with Crippen molar-refractivity contribution in [3.63, 3.8) is 0 Å². The van der Waals surface area contributed by atoms with E-state index in [1.165, 1.54) is 19.3 Å². The molecule has 0 aliphatic heterocycles. The Kier molecular flexibility index (Phi) is 14.8. The van der Waals surface area contributed by atoms with Crippen molar-refractivity contribution in [2.24, 2.45) is 5.92 Å². The summed E-state index contributed by atoms with van der Waals surface area (Å²) in [5, 5.41) is 3.41. The third-order valence-electron chi connectivity index (χ3n) is 2.66. The van der Waals surface area contributed by atoms with E-state index >= 15 is 0 Å². The summed E-state index contributed by atoms with van der Waals surface area (Å²) in [5.74, 6) is 0.732. The minimum absolute atomic E-state index is 0.732. The molecule has 3 nitrogen and oxygen atoms in total. The zero-order valence-corrected chi connectivity index (χ0v) is 12.7. The fourth-order valence-electron chi connectivity index (χ4n) is 1.61. The second-order valence-electron chi connectivity index (χ2n) is 5.24. The maximum atomic E-state index is 5.55. The molecule has 0 saturated carbocycles. The van der Waals surface area contributed by atoms with Crippen LogP contribution in [-0.2, 0) is 9.47 Å². The van der Waals surface area contributed by atoms with Crippen molar-refractivity contribution in [2.75, 3.05) is 39.5 Å². The third kappa shape index (κ3) is 15.9. The van der Waals surface area contributed by atoms with Gasteiger partial charge in [0, 0.05) is 26.4 Å². The molecule has 0 aliphatic carbocycles. The topological polar surface area (TPSA) is 30.5 Å². The first-order valence-corrected chi connectivity index (χ1v) is 7.63. The fraction of sp³-hybridized carbons (Fsp3) is 1.00. The van der Waals surface area contributed by atoms with Gasteiger partial charge in [-0.1, -0.05) is 33.6 Å². The Morgan fingerprint density at radius 3 is 2.06 bits per heavy atom. The highest BCUT2D eigenvalue weighted by Gasteiger charge is 1.94. The molecule has 0 spiro atoms. The molecule has 0 saturated heterocycles. The lowest BCUT2D eigenvalue weighted by atomic mass is 10.2. The molecule has 0 amide bonds. The number of ether oxygens (including phenoxy) is 2. The molecule has 3 heteroatoms. The Labute approximate surface area is 114 Å². The van der Waals surface area contributed by atoms with E-state index < -0.39 is 0 Å². The third-order valence-corrected chi connectivity index (χ3v) is 2.66. The second-order valence-corrected chi connectivity index (χ2v) is 5.24. The number of unbranched alkanes of at least 4 members (excludes halogenated alkanes) is 2. The van der Waals surface area contributed by atoms with Crippen LogP contribution in [0, 0.1) is 5.92 Å². The molecule has 18 heavy (non-hydrogen) atoms. The van der Waals surface area contributed by atoms with E-state index in [9.17, 15) is 0 Å². The Morgan fingerprint density at radius 1 is 0.833 bits per heavy atom. The SMILES string of the molecule is CCCCCOCCCOCCCNCC(C)C. The highest BCUT2D eigenvalue weighted by molar-refractivity contribution is 4.50. The van der Waals surface area contributed by atoms with Gasteiger partial charge in [0.1, 0.15) is 0 Å². The molecule has 0 atom stereocenters. The van der Waals surface area contributed by atoms with Gasteiger partial charge in [-0.2, -0.15) is 0 Å². The molecule has 0 unspecified atom stereocenters. The predicted octanol–water partition coefficient (Wildman–Crippen LogP) is 3.24. The van der Waals surface area contributed by atoms with E-state index in [0.29, 0.717) is 0 Å². The zero-order chi connectivity index (χ0) is 13.5. The van der Waals surface area contributed by atoms with Crippen LogP contribution in [0.3, 0.4) is 0 Å². The van der Waals surface area contributed by atoms with Gasteiger partial charge in [0.05, 0.1) is 0 Å². The first kappa shape index (κ1) is 17.9. The van der Waals surface area contributed by atoms with Gasteiger partial charge in [-0.25, -0.2) is 0 Å². The second kappa shape index (κ2) is 14.9. The van der Waals surface area contributed by atoms with Gasteiger partial charge >= 0.3 is 0 Å². The Hall–Kier alpha value is -0.120. The van der Waals surface area contributed by atoms with Crippen LogP contribution < -0.4 is 5.32 Å². The minimum Gasteiger partial charge on any atom is -0.381 e. The molecule has 0 heterocycles. The Bertz CT molecular complexity index is 151. The molecule has 0 aromatic heterocycles. The van der Waals surface area contributed by atoms with Gasteiger partial charge < -0.3 is 14.8 Å². The van der Waals surface area contributed by atoms with Crippen LogP contribution in [0.25, 0.3) is 0 Å². The molecular formula is C15H33NO2. The minimum atomic E-state index is 0.732. The van der Waals surface area contributed by atoms with Crippen LogP contribution in [-0.4, -0.2) is 39.5 Å². The summed E-state index contributed by atoms with van der Waals surface area (Å²) in [5.41, 5.74) is 0. The van der Waals surface area contributed by atoms with E-state index in [0.717, 1.165) is 58.3 Å². The number of rotatable bonds is 14. The average Bonchev–Trinajstić information content (AvgIpc) is 2.34. The highest BCUT2D eigenvalue weighted by Crippen LogP contribution is 1.95. The van der Waals surface area contributed by atoms with Gasteiger partial charge in [-0.05, 0) is 38.3 Å². The van der Waals surface area contributed by atoms with Crippen LogP contribution in [0.5, 0.6) is 0 Å².